The summed E-state index contributed by atoms with van der Waals surface area (Å²) in [6, 6.07) is 20.8. The van der Waals surface area contributed by atoms with Gasteiger partial charge in [-0.05, 0) is 53.6 Å². The number of benzene rings is 3. The molecule has 0 heterocycles. The summed E-state index contributed by atoms with van der Waals surface area (Å²) in [5.74, 6) is -0.706. The van der Waals surface area contributed by atoms with Gasteiger partial charge in [0, 0.05) is 35.8 Å². The third-order valence-corrected chi connectivity index (χ3v) is 4.70. The number of carbonyl (C=O) groups is 3. The van der Waals surface area contributed by atoms with Crippen LogP contribution in [0.1, 0.15) is 28.4 Å². The van der Waals surface area contributed by atoms with Crippen LogP contribution in [0.4, 0.5) is 5.69 Å². The van der Waals surface area contributed by atoms with Crippen molar-refractivity contribution in [3.05, 3.63) is 101 Å². The zero-order chi connectivity index (χ0) is 22.9. The van der Waals surface area contributed by atoms with Gasteiger partial charge in [0.05, 0.1) is 0 Å². The zero-order valence-electron chi connectivity index (χ0n) is 17.3. The molecular formula is C25H21ClN2O4. The highest BCUT2D eigenvalue weighted by Crippen LogP contribution is 2.17. The van der Waals surface area contributed by atoms with Gasteiger partial charge in [0.15, 0.2) is 0 Å². The molecule has 2 N–H and O–H groups in total. The zero-order valence-corrected chi connectivity index (χ0v) is 18.1. The summed E-state index contributed by atoms with van der Waals surface area (Å²) < 4.78 is 5.00. The molecule has 0 aliphatic rings. The first-order valence-corrected chi connectivity index (χ1v) is 10.2. The third-order valence-electron chi connectivity index (χ3n) is 4.35. The van der Waals surface area contributed by atoms with Gasteiger partial charge in [-0.3, -0.25) is 14.4 Å². The van der Waals surface area contributed by atoms with Crippen molar-refractivity contribution in [2.24, 2.45) is 0 Å². The number of hydrogen-bond acceptors (Lipinski definition) is 4. The molecule has 0 aliphatic carbocycles. The number of rotatable bonds is 7. The summed E-state index contributed by atoms with van der Waals surface area (Å²) >= 11 is 6.07. The fraction of sp³-hybridized carbons (Fsp3) is 0.0800. The number of halogens is 1. The van der Waals surface area contributed by atoms with Crippen LogP contribution in [-0.4, -0.2) is 17.8 Å². The minimum Gasteiger partial charge on any atom is -0.427 e. The second-order valence-electron chi connectivity index (χ2n) is 6.85. The summed E-state index contributed by atoms with van der Waals surface area (Å²) in [7, 11) is 0. The molecule has 6 nitrogen and oxygen atoms in total. The van der Waals surface area contributed by atoms with E-state index in [0.29, 0.717) is 28.6 Å². The van der Waals surface area contributed by atoms with Crippen LogP contribution >= 0.6 is 11.6 Å². The molecule has 162 valence electrons. The maximum Gasteiger partial charge on any atom is 0.308 e. The standard InChI is InChI=1S/C25H21ClN2O4/c1-17(29)32-22-7-4-6-20(15-22)25(31)27-16-18-9-12-21(13-10-18)28-24(30)14-11-19-5-2-3-8-23(19)26/h2-15H,16H2,1H3,(H,27,31)(H,28,30)/b14-11+. The first-order valence-electron chi connectivity index (χ1n) is 9.80. The quantitative estimate of drug-likeness (QED) is 0.307. The Bertz CT molecular complexity index is 1160. The second-order valence-corrected chi connectivity index (χ2v) is 7.25. The first kappa shape index (κ1) is 22.8. The lowest BCUT2D eigenvalue weighted by Crippen LogP contribution is -2.22. The molecule has 3 rings (SSSR count). The second kappa shape index (κ2) is 10.9. The van der Waals surface area contributed by atoms with Gasteiger partial charge in [-0.15, -0.1) is 0 Å². The normalized spacial score (nSPS) is 10.6. The Morgan fingerprint density at radius 1 is 0.969 bits per heavy atom. The summed E-state index contributed by atoms with van der Waals surface area (Å²) in [6.45, 7) is 1.60. The van der Waals surface area contributed by atoms with Crippen LogP contribution in [0.15, 0.2) is 78.9 Å². The molecule has 0 spiro atoms. The number of ether oxygens (including phenoxy) is 1. The van der Waals surface area contributed by atoms with Gasteiger partial charge in [0.25, 0.3) is 5.91 Å². The van der Waals surface area contributed by atoms with Crippen LogP contribution < -0.4 is 15.4 Å². The van der Waals surface area contributed by atoms with E-state index in [1.165, 1.54) is 19.1 Å². The molecule has 0 atom stereocenters. The highest BCUT2D eigenvalue weighted by atomic mass is 35.5. The topological polar surface area (TPSA) is 84.5 Å². The molecular weight excluding hydrogens is 428 g/mol. The van der Waals surface area contributed by atoms with E-state index in [1.807, 2.05) is 30.3 Å². The van der Waals surface area contributed by atoms with E-state index >= 15 is 0 Å². The van der Waals surface area contributed by atoms with Gasteiger partial charge < -0.3 is 15.4 Å². The molecule has 3 aromatic rings. The molecule has 3 aromatic carbocycles. The lowest BCUT2D eigenvalue weighted by Gasteiger charge is -2.08. The van der Waals surface area contributed by atoms with Crippen LogP contribution in [-0.2, 0) is 16.1 Å². The molecule has 0 bridgehead atoms. The van der Waals surface area contributed by atoms with Gasteiger partial charge in [0.1, 0.15) is 5.75 Å². The van der Waals surface area contributed by atoms with Gasteiger partial charge in [-0.2, -0.15) is 0 Å². The average molecular weight is 449 g/mol. The summed E-state index contributed by atoms with van der Waals surface area (Å²) in [5.41, 5.74) is 2.63. The maximum absolute atomic E-state index is 12.4. The van der Waals surface area contributed by atoms with Crippen molar-refractivity contribution in [3.8, 4) is 5.75 Å². The van der Waals surface area contributed by atoms with E-state index in [1.54, 1.807) is 42.5 Å². The van der Waals surface area contributed by atoms with Crippen LogP contribution in [0.5, 0.6) is 5.75 Å². The maximum atomic E-state index is 12.4. The molecule has 0 saturated heterocycles. The molecule has 0 aromatic heterocycles. The van der Waals surface area contributed by atoms with Crippen LogP contribution in [0.25, 0.3) is 6.08 Å². The van der Waals surface area contributed by atoms with Crippen molar-refractivity contribution >= 4 is 41.1 Å². The molecule has 0 saturated carbocycles. The lowest BCUT2D eigenvalue weighted by molar-refractivity contribution is -0.131. The SMILES string of the molecule is CC(=O)Oc1cccc(C(=O)NCc2ccc(NC(=O)/C=C/c3ccccc3Cl)cc2)c1. The number of esters is 1. The molecule has 7 heteroatoms. The minimum atomic E-state index is -0.450. The van der Waals surface area contributed by atoms with Crippen molar-refractivity contribution < 1.29 is 19.1 Å². The minimum absolute atomic E-state index is 0.279. The average Bonchev–Trinajstić information content (AvgIpc) is 2.77. The van der Waals surface area contributed by atoms with Crippen molar-refractivity contribution in [1.29, 1.82) is 0 Å². The molecule has 0 aliphatic heterocycles. The van der Waals surface area contributed by atoms with Crippen molar-refractivity contribution in [2.45, 2.75) is 13.5 Å². The van der Waals surface area contributed by atoms with Gasteiger partial charge in [0.2, 0.25) is 5.91 Å². The number of anilines is 1. The van der Waals surface area contributed by atoms with E-state index in [4.69, 9.17) is 16.3 Å². The number of amides is 2. The van der Waals surface area contributed by atoms with Crippen LogP contribution in [0.2, 0.25) is 5.02 Å². The Morgan fingerprint density at radius 2 is 1.72 bits per heavy atom. The Morgan fingerprint density at radius 3 is 2.44 bits per heavy atom. The number of hydrogen-bond donors (Lipinski definition) is 2. The van der Waals surface area contributed by atoms with E-state index in [-0.39, 0.29) is 11.8 Å². The summed E-state index contributed by atoms with van der Waals surface area (Å²) in [6.07, 6.45) is 3.07. The molecule has 0 radical (unpaired) electrons. The highest BCUT2D eigenvalue weighted by Gasteiger charge is 2.08. The Labute approximate surface area is 190 Å². The number of nitrogens with one attached hydrogen (secondary N) is 2. The predicted molar refractivity (Wildman–Crippen MR) is 124 cm³/mol. The largest absolute Gasteiger partial charge is 0.427 e. The van der Waals surface area contributed by atoms with E-state index in [0.717, 1.165) is 11.1 Å². The highest BCUT2D eigenvalue weighted by molar-refractivity contribution is 6.32. The smallest absolute Gasteiger partial charge is 0.308 e. The Hall–Kier alpha value is -3.90. The monoisotopic (exact) mass is 448 g/mol. The van der Waals surface area contributed by atoms with Crippen LogP contribution in [0.3, 0.4) is 0 Å². The summed E-state index contributed by atoms with van der Waals surface area (Å²) in [5, 5.41) is 6.15. The predicted octanol–water partition coefficient (Wildman–Crippen LogP) is 4.85. The summed E-state index contributed by atoms with van der Waals surface area (Å²) in [4.78, 5) is 35.5. The fourth-order valence-electron chi connectivity index (χ4n) is 2.82. The molecule has 0 unspecified atom stereocenters. The molecule has 0 fully saturated rings. The number of carbonyl (C=O) groups excluding carboxylic acids is 3. The molecule has 2 amide bonds. The van der Waals surface area contributed by atoms with Gasteiger partial charge >= 0.3 is 5.97 Å². The van der Waals surface area contributed by atoms with Crippen molar-refractivity contribution in [1.82, 2.24) is 5.32 Å². The lowest BCUT2D eigenvalue weighted by atomic mass is 10.1. The Balaban J connectivity index is 1.52. The van der Waals surface area contributed by atoms with E-state index < -0.39 is 5.97 Å². The van der Waals surface area contributed by atoms with E-state index in [9.17, 15) is 14.4 Å². The molecule has 32 heavy (non-hydrogen) atoms. The van der Waals surface area contributed by atoms with Crippen LogP contribution in [0, 0.1) is 0 Å². The van der Waals surface area contributed by atoms with Crippen molar-refractivity contribution in [2.75, 3.05) is 5.32 Å². The Kier molecular flexibility index (Phi) is 7.78. The first-order chi connectivity index (χ1) is 15.4. The van der Waals surface area contributed by atoms with Crippen molar-refractivity contribution in [3.63, 3.8) is 0 Å². The van der Waals surface area contributed by atoms with Gasteiger partial charge in [-0.1, -0.05) is 48.0 Å². The van der Waals surface area contributed by atoms with E-state index in [2.05, 4.69) is 10.6 Å². The fourth-order valence-corrected chi connectivity index (χ4v) is 3.02. The van der Waals surface area contributed by atoms with Gasteiger partial charge in [-0.25, -0.2) is 0 Å². The third kappa shape index (κ3) is 6.82.